The number of aryl methyl sites for hydroxylation is 2. The number of likely N-dealkylation sites (N-methyl/N-ethyl adjacent to an activating group) is 2. The highest BCUT2D eigenvalue weighted by Crippen LogP contribution is 2.35. The molecule has 2 fully saturated rings. The number of pyridine rings is 2. The average molecular weight is 819 g/mol. The molecule has 0 radical (unpaired) electrons. The van der Waals surface area contributed by atoms with E-state index in [2.05, 4.69) is 104 Å². The molecular formula is C44H50N8O4S2. The van der Waals surface area contributed by atoms with Crippen LogP contribution in [0.15, 0.2) is 73.1 Å². The maximum Gasteiger partial charge on any atom is 0.417 e. The fourth-order valence-corrected chi connectivity index (χ4v) is 9.47. The van der Waals surface area contributed by atoms with E-state index < -0.39 is 11.9 Å². The summed E-state index contributed by atoms with van der Waals surface area (Å²) in [6.07, 6.45) is 6.07. The number of hydrogen-bond donors (Lipinski definition) is 0. The lowest BCUT2D eigenvalue weighted by molar-refractivity contribution is -0.167. The van der Waals surface area contributed by atoms with Gasteiger partial charge in [-0.25, -0.2) is 29.5 Å². The SMILES string of the molecule is CCN1CCN(c2nc(-c3cnc(CCCOC(=O)C(=O)OCCCc4ncc(-c5cc6ccccc6c(N6CCN(CC)CC6)n5)s4)s3)cc3ccccc23)CC1. The van der Waals surface area contributed by atoms with Crippen LogP contribution in [-0.2, 0) is 31.9 Å². The molecule has 2 aliphatic heterocycles. The molecule has 0 amide bonds. The van der Waals surface area contributed by atoms with Gasteiger partial charge < -0.3 is 29.1 Å². The van der Waals surface area contributed by atoms with Gasteiger partial charge in [0.15, 0.2) is 0 Å². The number of nitrogens with zero attached hydrogens (tertiary/aromatic N) is 8. The Balaban J connectivity index is 0.784. The minimum absolute atomic E-state index is 0.103. The third-order valence-electron chi connectivity index (χ3n) is 11.0. The van der Waals surface area contributed by atoms with Crippen molar-refractivity contribution in [2.75, 3.05) is 88.5 Å². The molecule has 12 nitrogen and oxygen atoms in total. The summed E-state index contributed by atoms with van der Waals surface area (Å²) in [5, 5.41) is 6.49. The quantitative estimate of drug-likeness (QED) is 0.0643. The molecule has 0 bridgehead atoms. The molecule has 302 valence electrons. The molecule has 58 heavy (non-hydrogen) atoms. The molecule has 8 rings (SSSR count). The van der Waals surface area contributed by atoms with Crippen LogP contribution in [0.5, 0.6) is 0 Å². The monoisotopic (exact) mass is 818 g/mol. The molecule has 6 heterocycles. The van der Waals surface area contributed by atoms with E-state index in [1.807, 2.05) is 12.4 Å². The van der Waals surface area contributed by atoms with Crippen LogP contribution < -0.4 is 9.80 Å². The number of piperazine rings is 2. The Labute approximate surface area is 347 Å². The zero-order valence-electron chi connectivity index (χ0n) is 33.3. The first-order valence-corrected chi connectivity index (χ1v) is 22.1. The normalized spacial score (nSPS) is 15.3. The summed E-state index contributed by atoms with van der Waals surface area (Å²) in [5.74, 6) is 0.0987. The van der Waals surface area contributed by atoms with Crippen molar-refractivity contribution in [3.8, 4) is 21.1 Å². The summed E-state index contributed by atoms with van der Waals surface area (Å²) in [7, 11) is 0. The number of thiazole rings is 2. The van der Waals surface area contributed by atoms with E-state index in [1.165, 1.54) is 0 Å². The highest BCUT2D eigenvalue weighted by atomic mass is 32.1. The number of hydrogen-bond acceptors (Lipinski definition) is 14. The lowest BCUT2D eigenvalue weighted by atomic mass is 10.1. The van der Waals surface area contributed by atoms with Crippen LogP contribution in [0.2, 0.25) is 0 Å². The number of aromatic nitrogens is 4. The van der Waals surface area contributed by atoms with Gasteiger partial charge in [-0.2, -0.15) is 0 Å². The Morgan fingerprint density at radius 3 is 1.43 bits per heavy atom. The molecule has 0 aliphatic carbocycles. The molecule has 6 aromatic rings. The van der Waals surface area contributed by atoms with Crippen molar-refractivity contribution >= 4 is 67.8 Å². The summed E-state index contributed by atoms with van der Waals surface area (Å²) in [5.41, 5.74) is 1.82. The van der Waals surface area contributed by atoms with Gasteiger partial charge >= 0.3 is 11.9 Å². The summed E-state index contributed by atoms with van der Waals surface area (Å²) in [6.45, 7) is 14.7. The van der Waals surface area contributed by atoms with E-state index >= 15 is 0 Å². The molecule has 14 heteroatoms. The molecule has 0 atom stereocenters. The first kappa shape index (κ1) is 39.8. The van der Waals surface area contributed by atoms with E-state index in [0.717, 1.165) is 130 Å². The molecule has 2 aromatic carbocycles. The van der Waals surface area contributed by atoms with E-state index in [1.54, 1.807) is 22.7 Å². The highest BCUT2D eigenvalue weighted by molar-refractivity contribution is 7.15. The molecular weight excluding hydrogens is 769 g/mol. The maximum atomic E-state index is 12.4. The summed E-state index contributed by atoms with van der Waals surface area (Å²) in [6, 6.07) is 21.1. The van der Waals surface area contributed by atoms with Crippen LogP contribution in [-0.4, -0.2) is 120 Å². The second-order valence-corrected chi connectivity index (χ2v) is 16.9. The first-order chi connectivity index (χ1) is 28.4. The maximum absolute atomic E-state index is 12.4. The van der Waals surface area contributed by atoms with Gasteiger partial charge in [-0.3, -0.25) is 0 Å². The second-order valence-electron chi connectivity index (χ2n) is 14.7. The van der Waals surface area contributed by atoms with Crippen molar-refractivity contribution in [1.29, 1.82) is 0 Å². The molecule has 4 aromatic heterocycles. The molecule has 0 saturated carbocycles. The minimum atomic E-state index is -0.974. The standard InChI is InChI=1S/C44H50N8O4S2/c1-3-49-17-21-51(22-18-49)41-33-13-7-5-11-31(33)27-35(47-41)37-29-45-39(57-37)15-9-25-55-43(53)44(54)56-26-10-16-40-46-30-38(58-40)36-28-32-12-6-8-14-34(32)42(48-36)52-23-19-50(4-2)20-24-52/h5-8,11-14,27-30H,3-4,9-10,15-26H2,1-2H3. The van der Waals surface area contributed by atoms with Crippen LogP contribution in [0, 0.1) is 0 Å². The fraction of sp³-hybridized carbons (Fsp3) is 0.409. The smallest absolute Gasteiger partial charge is 0.417 e. The number of esters is 2. The van der Waals surface area contributed by atoms with Crippen molar-refractivity contribution in [2.24, 2.45) is 0 Å². The average Bonchev–Trinajstić information content (AvgIpc) is 3.96. The number of anilines is 2. The van der Waals surface area contributed by atoms with E-state index in [4.69, 9.17) is 19.4 Å². The summed E-state index contributed by atoms with van der Waals surface area (Å²) < 4.78 is 10.5. The van der Waals surface area contributed by atoms with Gasteiger partial charge in [-0.1, -0.05) is 62.4 Å². The largest absolute Gasteiger partial charge is 0.457 e. The van der Waals surface area contributed by atoms with Crippen LogP contribution in [0.3, 0.4) is 0 Å². The van der Waals surface area contributed by atoms with Crippen molar-refractivity contribution in [1.82, 2.24) is 29.7 Å². The minimum Gasteiger partial charge on any atom is -0.457 e. The van der Waals surface area contributed by atoms with Gasteiger partial charge in [-0.05, 0) is 48.8 Å². The molecule has 0 spiro atoms. The summed E-state index contributed by atoms with van der Waals surface area (Å²) >= 11 is 3.19. The molecule has 2 saturated heterocycles. The Kier molecular flexibility index (Phi) is 12.8. The molecule has 0 N–H and O–H groups in total. The second kappa shape index (κ2) is 18.7. The first-order valence-electron chi connectivity index (χ1n) is 20.4. The number of ether oxygens (including phenoxy) is 2. The van der Waals surface area contributed by atoms with Crippen LogP contribution in [0.25, 0.3) is 42.7 Å². The number of benzene rings is 2. The van der Waals surface area contributed by atoms with Crippen LogP contribution in [0.4, 0.5) is 11.6 Å². The molecule has 0 unspecified atom stereocenters. The Morgan fingerprint density at radius 2 is 1.02 bits per heavy atom. The highest BCUT2D eigenvalue weighted by Gasteiger charge is 2.23. The van der Waals surface area contributed by atoms with E-state index in [9.17, 15) is 9.59 Å². The van der Waals surface area contributed by atoms with Gasteiger partial charge in [0.1, 0.15) is 11.6 Å². The van der Waals surface area contributed by atoms with E-state index in [0.29, 0.717) is 25.7 Å². The van der Waals surface area contributed by atoms with Crippen molar-refractivity contribution < 1.29 is 19.1 Å². The summed E-state index contributed by atoms with van der Waals surface area (Å²) in [4.78, 5) is 56.1. The van der Waals surface area contributed by atoms with Crippen LogP contribution in [0.1, 0.15) is 36.7 Å². The Morgan fingerprint density at radius 1 is 0.603 bits per heavy atom. The Hall–Kier alpha value is -5.02. The Bertz CT molecular complexity index is 2190. The van der Waals surface area contributed by atoms with Crippen LogP contribution >= 0.6 is 22.7 Å². The number of carbonyl (C=O) groups excluding carboxylic acids is 2. The number of carbonyl (C=O) groups is 2. The van der Waals surface area contributed by atoms with Gasteiger partial charge in [0.25, 0.3) is 0 Å². The fourth-order valence-electron chi connectivity index (χ4n) is 7.63. The molecule has 2 aliphatic rings. The van der Waals surface area contributed by atoms with Crippen molar-refractivity contribution in [3.63, 3.8) is 0 Å². The predicted octanol–water partition coefficient (Wildman–Crippen LogP) is 6.97. The van der Waals surface area contributed by atoms with Gasteiger partial charge in [0, 0.05) is 88.4 Å². The van der Waals surface area contributed by atoms with Crippen molar-refractivity contribution in [2.45, 2.75) is 39.5 Å². The number of fused-ring (bicyclic) bond motifs is 2. The number of rotatable bonds is 14. The van der Waals surface area contributed by atoms with Crippen molar-refractivity contribution in [3.05, 3.63) is 83.1 Å². The zero-order chi connectivity index (χ0) is 39.8. The van der Waals surface area contributed by atoms with Gasteiger partial charge in [0.2, 0.25) is 0 Å². The topological polar surface area (TPSA) is 117 Å². The third kappa shape index (κ3) is 9.31. The lowest BCUT2D eigenvalue weighted by Crippen LogP contribution is -2.46. The zero-order valence-corrected chi connectivity index (χ0v) is 34.9. The van der Waals surface area contributed by atoms with E-state index in [-0.39, 0.29) is 13.2 Å². The van der Waals surface area contributed by atoms with Gasteiger partial charge in [0.05, 0.1) is 44.4 Å². The van der Waals surface area contributed by atoms with Gasteiger partial charge in [-0.15, -0.1) is 22.7 Å². The third-order valence-corrected chi connectivity index (χ3v) is 13.2. The predicted molar refractivity (Wildman–Crippen MR) is 233 cm³/mol. The lowest BCUT2D eigenvalue weighted by Gasteiger charge is -2.35.